The minimum absolute atomic E-state index is 0.0202. The van der Waals surface area contributed by atoms with E-state index in [1.807, 2.05) is 0 Å². The van der Waals surface area contributed by atoms with E-state index in [9.17, 15) is 9.59 Å². The molecule has 0 aliphatic carbocycles. The molecule has 6 heteroatoms. The lowest BCUT2D eigenvalue weighted by Crippen LogP contribution is -2.05. The maximum atomic E-state index is 11.8. The first-order valence-electron chi connectivity index (χ1n) is 18.0. The average molecular weight is 610 g/mol. The van der Waals surface area contributed by atoms with Crippen molar-refractivity contribution in [2.24, 2.45) is 4.99 Å². The van der Waals surface area contributed by atoms with Crippen LogP contribution >= 0.6 is 12.2 Å². The molecule has 0 aromatic carbocycles. The molecule has 0 saturated carbocycles. The molecule has 0 bridgehead atoms. The zero-order chi connectivity index (χ0) is 30.8. The summed E-state index contributed by atoms with van der Waals surface area (Å²) in [7, 11) is 0. The zero-order valence-corrected chi connectivity index (χ0v) is 28.6. The predicted octanol–water partition coefficient (Wildman–Crippen LogP) is 11.5. The molecule has 0 amide bonds. The fourth-order valence-corrected chi connectivity index (χ4v) is 5.49. The molecule has 0 aliphatic heterocycles. The van der Waals surface area contributed by atoms with Gasteiger partial charge < -0.3 is 9.47 Å². The van der Waals surface area contributed by atoms with Gasteiger partial charge in [-0.15, -0.1) is 0 Å². The summed E-state index contributed by atoms with van der Waals surface area (Å²) < 4.78 is 10.7. The van der Waals surface area contributed by atoms with Crippen LogP contribution < -0.4 is 0 Å². The van der Waals surface area contributed by atoms with Crippen molar-refractivity contribution in [2.75, 3.05) is 13.2 Å². The Hall–Kier alpha value is -1.26. The van der Waals surface area contributed by atoms with Crippen molar-refractivity contribution in [1.29, 1.82) is 0 Å². The van der Waals surface area contributed by atoms with Gasteiger partial charge in [0, 0.05) is 12.8 Å². The van der Waals surface area contributed by atoms with Gasteiger partial charge >= 0.3 is 11.9 Å². The highest BCUT2D eigenvalue weighted by Gasteiger charge is 2.07. The van der Waals surface area contributed by atoms with Gasteiger partial charge in [0.05, 0.1) is 24.4 Å². The lowest BCUT2D eigenvalue weighted by Gasteiger charge is -2.11. The van der Waals surface area contributed by atoms with Crippen LogP contribution in [0.3, 0.4) is 0 Å². The molecule has 0 saturated heterocycles. The van der Waals surface area contributed by atoms with Crippen molar-refractivity contribution in [1.82, 2.24) is 0 Å². The van der Waals surface area contributed by atoms with E-state index < -0.39 is 0 Å². The number of carbonyl (C=O) groups excluding carboxylic acids is 2. The molecule has 0 radical (unpaired) electrons. The monoisotopic (exact) mass is 609 g/mol. The topological polar surface area (TPSA) is 65.0 Å². The van der Waals surface area contributed by atoms with Crippen LogP contribution in [0, 0.1) is 0 Å². The first-order chi connectivity index (χ1) is 20.6. The van der Waals surface area contributed by atoms with E-state index in [0.29, 0.717) is 32.1 Å². The summed E-state index contributed by atoms with van der Waals surface area (Å²) in [5, 5.41) is 2.62. The zero-order valence-electron chi connectivity index (χ0n) is 27.8. The maximum Gasteiger partial charge on any atom is 0.305 e. The van der Waals surface area contributed by atoms with Crippen molar-refractivity contribution in [3.63, 3.8) is 0 Å². The van der Waals surface area contributed by atoms with Gasteiger partial charge in [0.1, 0.15) is 0 Å². The number of isothiocyanates is 1. The minimum Gasteiger partial charge on any atom is -0.466 e. The fourth-order valence-electron chi connectivity index (χ4n) is 5.34. The molecule has 0 unspecified atom stereocenters. The lowest BCUT2D eigenvalue weighted by atomic mass is 10.00. The third kappa shape index (κ3) is 31.7. The Morgan fingerprint density at radius 2 is 0.857 bits per heavy atom. The number of carbonyl (C=O) groups is 2. The van der Waals surface area contributed by atoms with Crippen LogP contribution in [0.5, 0.6) is 0 Å². The second kappa shape index (κ2) is 34.2. The summed E-state index contributed by atoms with van der Waals surface area (Å²) in [6.07, 6.45) is 31.7. The first-order valence-corrected chi connectivity index (χ1v) is 18.4. The van der Waals surface area contributed by atoms with Gasteiger partial charge in [-0.25, -0.2) is 4.99 Å². The van der Waals surface area contributed by atoms with Crippen molar-refractivity contribution in [3.8, 4) is 0 Å². The van der Waals surface area contributed by atoms with Gasteiger partial charge in [-0.3, -0.25) is 9.59 Å². The number of hydrogen-bond donors (Lipinski definition) is 0. The number of nitrogens with zero attached hydrogens (tertiary/aromatic N) is 1. The number of unbranched alkanes of at least 4 members (excludes halogenated alkanes) is 20. The molecule has 0 spiro atoms. The van der Waals surface area contributed by atoms with Gasteiger partial charge in [-0.05, 0) is 50.7 Å². The van der Waals surface area contributed by atoms with Crippen LogP contribution in [-0.4, -0.2) is 36.4 Å². The van der Waals surface area contributed by atoms with Gasteiger partial charge in [0.15, 0.2) is 0 Å². The third-order valence-corrected chi connectivity index (χ3v) is 8.20. The van der Waals surface area contributed by atoms with E-state index in [-0.39, 0.29) is 11.9 Å². The minimum atomic E-state index is -0.0202. The van der Waals surface area contributed by atoms with Crippen molar-refractivity contribution in [3.05, 3.63) is 0 Å². The third-order valence-electron chi connectivity index (χ3n) is 8.09. The molecule has 0 fully saturated rings. The average Bonchev–Trinajstić information content (AvgIpc) is 2.98. The van der Waals surface area contributed by atoms with Crippen LogP contribution in [0.15, 0.2) is 4.99 Å². The summed E-state index contributed by atoms with van der Waals surface area (Å²) in [5.41, 5.74) is 0. The summed E-state index contributed by atoms with van der Waals surface area (Å²) in [5.74, 6) is -0.0404. The number of aliphatic imine (C=N–C) groups is 1. The first kappa shape index (κ1) is 40.7. The van der Waals surface area contributed by atoms with Gasteiger partial charge in [-0.1, -0.05) is 142 Å². The van der Waals surface area contributed by atoms with Crippen LogP contribution in [0.2, 0.25) is 0 Å². The van der Waals surface area contributed by atoms with Crippen LogP contribution in [0.4, 0.5) is 0 Å². The molecule has 0 rings (SSSR count). The second-order valence-electron chi connectivity index (χ2n) is 12.2. The van der Waals surface area contributed by atoms with Gasteiger partial charge in [0.2, 0.25) is 0 Å². The standard InChI is InChI=1S/C36H67NO4S/c1-3-5-7-19-25-31-40-35(38)29-23-17-13-9-11-15-21-27-34(37-33-42)28-22-16-12-10-14-18-24-30-36(39)41-32-26-20-8-6-4-2/h34H,3-32H2,1-2H3. The molecule has 0 aliphatic rings. The summed E-state index contributed by atoms with van der Waals surface area (Å²) in [6, 6.07) is 0.331. The van der Waals surface area contributed by atoms with Crippen LogP contribution in [-0.2, 0) is 19.1 Å². The van der Waals surface area contributed by atoms with Crippen molar-refractivity contribution in [2.45, 2.75) is 200 Å². The van der Waals surface area contributed by atoms with E-state index in [1.165, 1.54) is 116 Å². The Kier molecular flexibility index (Phi) is 33.2. The Bertz CT molecular complexity index is 604. The lowest BCUT2D eigenvalue weighted by molar-refractivity contribution is -0.144. The highest BCUT2D eigenvalue weighted by atomic mass is 32.1. The van der Waals surface area contributed by atoms with E-state index >= 15 is 0 Å². The Morgan fingerprint density at radius 3 is 1.24 bits per heavy atom. The second-order valence-corrected chi connectivity index (χ2v) is 12.4. The smallest absolute Gasteiger partial charge is 0.305 e. The van der Waals surface area contributed by atoms with Crippen LogP contribution in [0.1, 0.15) is 194 Å². The summed E-state index contributed by atoms with van der Waals surface area (Å²) in [6.45, 7) is 5.61. The molecule has 0 aromatic heterocycles. The van der Waals surface area contributed by atoms with Gasteiger partial charge in [0.25, 0.3) is 0 Å². The molecule has 0 atom stereocenters. The molecule has 0 aromatic rings. The fraction of sp³-hybridized carbons (Fsp3) is 0.917. The van der Waals surface area contributed by atoms with E-state index in [1.54, 1.807) is 0 Å². The number of thiocarbonyl (C=S) groups is 1. The molecule has 0 heterocycles. The van der Waals surface area contributed by atoms with E-state index in [4.69, 9.17) is 21.7 Å². The largest absolute Gasteiger partial charge is 0.466 e. The predicted molar refractivity (Wildman–Crippen MR) is 181 cm³/mol. The molecular weight excluding hydrogens is 542 g/mol. The maximum absolute atomic E-state index is 11.8. The molecule has 0 N–H and O–H groups in total. The summed E-state index contributed by atoms with van der Waals surface area (Å²) in [4.78, 5) is 28.0. The SMILES string of the molecule is CCCCCCCOC(=O)CCCCCCCCCC(CCCCCCCCCC(=O)OCCCCCCC)N=C=S. The molecule has 5 nitrogen and oxygen atoms in total. The van der Waals surface area contributed by atoms with Crippen LogP contribution in [0.25, 0.3) is 0 Å². The highest BCUT2D eigenvalue weighted by Crippen LogP contribution is 2.17. The number of ether oxygens (including phenoxy) is 2. The molecule has 246 valence electrons. The quantitative estimate of drug-likeness (QED) is 0.0320. The Morgan fingerprint density at radius 1 is 0.524 bits per heavy atom. The number of rotatable bonds is 33. The highest BCUT2D eigenvalue weighted by molar-refractivity contribution is 7.78. The summed E-state index contributed by atoms with van der Waals surface area (Å²) >= 11 is 4.89. The van der Waals surface area contributed by atoms with Crippen molar-refractivity contribution >= 4 is 29.3 Å². The number of esters is 2. The molecular formula is C36H67NO4S. The normalized spacial score (nSPS) is 11.0. The Labute approximate surface area is 265 Å². The van der Waals surface area contributed by atoms with Gasteiger partial charge in [-0.2, -0.15) is 0 Å². The van der Waals surface area contributed by atoms with E-state index in [2.05, 4.69) is 24.0 Å². The number of hydrogen-bond acceptors (Lipinski definition) is 6. The van der Waals surface area contributed by atoms with Crippen molar-refractivity contribution < 1.29 is 19.1 Å². The molecule has 42 heavy (non-hydrogen) atoms. The Balaban J connectivity index is 3.53. The van der Waals surface area contributed by atoms with E-state index in [0.717, 1.165) is 51.4 Å².